The van der Waals surface area contributed by atoms with Crippen molar-refractivity contribution < 1.29 is 22.8 Å². The van der Waals surface area contributed by atoms with E-state index in [4.69, 9.17) is 15.4 Å². The van der Waals surface area contributed by atoms with Gasteiger partial charge >= 0.3 is 5.97 Å². The second-order valence-corrected chi connectivity index (χ2v) is 5.78. The van der Waals surface area contributed by atoms with Crippen LogP contribution in [0.25, 0.3) is 0 Å². The molecule has 1 heterocycles. The summed E-state index contributed by atoms with van der Waals surface area (Å²) in [7, 11) is -3.84. The van der Waals surface area contributed by atoms with Crippen LogP contribution in [-0.2, 0) is 16.4 Å². The summed E-state index contributed by atoms with van der Waals surface area (Å²) < 4.78 is 31.2. The lowest BCUT2D eigenvalue weighted by Gasteiger charge is -2.09. The van der Waals surface area contributed by atoms with Gasteiger partial charge in [0.1, 0.15) is 4.90 Å². The molecule has 1 aromatic carbocycles. The standard InChI is InChI=1S/C11H12N4O5S/c12-8-5-7(11(16)17)1-2-9(8)21(18,19)15-4-3-10-13-6-14-20-10/h1-2,5-6,15H,3-4,12H2,(H,16,17). The highest BCUT2D eigenvalue weighted by molar-refractivity contribution is 7.89. The van der Waals surface area contributed by atoms with Gasteiger partial charge in [0.05, 0.1) is 11.3 Å². The number of aromatic nitrogens is 2. The first-order chi connectivity index (χ1) is 9.90. The predicted molar refractivity (Wildman–Crippen MR) is 71.0 cm³/mol. The normalized spacial score (nSPS) is 11.4. The molecule has 0 bridgehead atoms. The van der Waals surface area contributed by atoms with Crippen molar-refractivity contribution in [3.8, 4) is 0 Å². The molecule has 21 heavy (non-hydrogen) atoms. The highest BCUT2D eigenvalue weighted by Crippen LogP contribution is 2.19. The molecule has 0 aliphatic rings. The second kappa shape index (κ2) is 5.89. The number of rotatable bonds is 6. The van der Waals surface area contributed by atoms with Crippen LogP contribution in [0.15, 0.2) is 33.9 Å². The summed E-state index contributed by atoms with van der Waals surface area (Å²) in [6.45, 7) is 0.0463. The fourth-order valence-electron chi connectivity index (χ4n) is 1.60. The zero-order valence-corrected chi connectivity index (χ0v) is 11.5. The van der Waals surface area contributed by atoms with E-state index in [0.29, 0.717) is 5.89 Å². The topological polar surface area (TPSA) is 148 Å². The highest BCUT2D eigenvalue weighted by Gasteiger charge is 2.18. The molecule has 10 heteroatoms. The van der Waals surface area contributed by atoms with Gasteiger partial charge in [0, 0.05) is 13.0 Å². The number of aromatic carboxylic acids is 1. The zero-order valence-electron chi connectivity index (χ0n) is 10.7. The van der Waals surface area contributed by atoms with Crippen LogP contribution in [0.5, 0.6) is 0 Å². The summed E-state index contributed by atoms with van der Waals surface area (Å²) in [5, 5.41) is 12.2. The number of hydrogen-bond acceptors (Lipinski definition) is 7. The Balaban J connectivity index is 2.10. The van der Waals surface area contributed by atoms with Crippen LogP contribution in [0.1, 0.15) is 16.2 Å². The van der Waals surface area contributed by atoms with Crippen molar-refractivity contribution in [3.63, 3.8) is 0 Å². The zero-order chi connectivity index (χ0) is 15.5. The van der Waals surface area contributed by atoms with E-state index in [2.05, 4.69) is 14.9 Å². The molecule has 0 radical (unpaired) electrons. The van der Waals surface area contributed by atoms with Crippen LogP contribution in [0, 0.1) is 0 Å². The van der Waals surface area contributed by atoms with Crippen LogP contribution in [-0.4, -0.2) is 36.2 Å². The van der Waals surface area contributed by atoms with Gasteiger partial charge in [-0.2, -0.15) is 4.98 Å². The first-order valence-corrected chi connectivity index (χ1v) is 7.26. The fourth-order valence-corrected chi connectivity index (χ4v) is 2.75. The van der Waals surface area contributed by atoms with E-state index in [9.17, 15) is 13.2 Å². The summed E-state index contributed by atoms with van der Waals surface area (Å²) in [5.41, 5.74) is 5.36. The lowest BCUT2D eigenvalue weighted by Crippen LogP contribution is -2.27. The number of nitrogen functional groups attached to an aromatic ring is 1. The number of hydrogen-bond donors (Lipinski definition) is 3. The maximum atomic E-state index is 12.1. The monoisotopic (exact) mass is 312 g/mol. The van der Waals surface area contributed by atoms with Gasteiger partial charge < -0.3 is 15.4 Å². The molecule has 0 aliphatic carbocycles. The summed E-state index contributed by atoms with van der Waals surface area (Å²) in [6.07, 6.45) is 1.44. The van der Waals surface area contributed by atoms with E-state index in [0.717, 1.165) is 12.1 Å². The minimum atomic E-state index is -3.84. The number of carboxylic acids is 1. The number of nitrogens with zero attached hydrogens (tertiary/aromatic N) is 2. The average molecular weight is 312 g/mol. The molecule has 2 rings (SSSR count). The molecule has 0 fully saturated rings. The SMILES string of the molecule is Nc1cc(C(=O)O)ccc1S(=O)(=O)NCCc1ncno1. The van der Waals surface area contributed by atoms with E-state index in [1.165, 1.54) is 12.4 Å². The van der Waals surface area contributed by atoms with Crippen LogP contribution >= 0.6 is 0 Å². The number of nitrogens with one attached hydrogen (secondary N) is 1. The molecule has 0 saturated heterocycles. The molecule has 1 aromatic heterocycles. The highest BCUT2D eigenvalue weighted by atomic mass is 32.2. The Morgan fingerprint density at radius 3 is 2.76 bits per heavy atom. The molecular weight excluding hydrogens is 300 g/mol. The second-order valence-electron chi connectivity index (χ2n) is 4.04. The van der Waals surface area contributed by atoms with Gasteiger partial charge in [-0.1, -0.05) is 5.16 Å². The quantitative estimate of drug-likeness (QED) is 0.624. The van der Waals surface area contributed by atoms with E-state index >= 15 is 0 Å². The summed E-state index contributed by atoms with van der Waals surface area (Å²) >= 11 is 0. The Morgan fingerprint density at radius 2 is 2.19 bits per heavy atom. The molecule has 0 saturated carbocycles. The molecule has 4 N–H and O–H groups in total. The maximum absolute atomic E-state index is 12.1. The largest absolute Gasteiger partial charge is 0.478 e. The van der Waals surface area contributed by atoms with E-state index in [-0.39, 0.29) is 29.1 Å². The minimum absolute atomic E-state index is 0.0463. The molecule has 2 aromatic rings. The van der Waals surface area contributed by atoms with Gasteiger partial charge in [0.15, 0.2) is 6.33 Å². The number of carbonyl (C=O) groups is 1. The van der Waals surface area contributed by atoms with E-state index in [1.54, 1.807) is 0 Å². The van der Waals surface area contributed by atoms with Crippen molar-refractivity contribution in [3.05, 3.63) is 36.0 Å². The number of nitrogens with two attached hydrogens (primary N) is 1. The number of anilines is 1. The van der Waals surface area contributed by atoms with Gasteiger partial charge in [-0.3, -0.25) is 0 Å². The smallest absolute Gasteiger partial charge is 0.335 e. The molecule has 0 unspecified atom stereocenters. The van der Waals surface area contributed by atoms with Crippen molar-refractivity contribution in [1.82, 2.24) is 14.9 Å². The Labute approximate surface area is 119 Å². The summed E-state index contributed by atoms with van der Waals surface area (Å²) in [6, 6.07) is 3.41. The molecule has 9 nitrogen and oxygen atoms in total. The minimum Gasteiger partial charge on any atom is -0.478 e. The Kier molecular flexibility index (Phi) is 4.19. The summed E-state index contributed by atoms with van der Waals surface area (Å²) in [5.74, 6) is -0.887. The Bertz CT molecular complexity index is 742. The van der Waals surface area contributed by atoms with Crippen LogP contribution in [0.4, 0.5) is 5.69 Å². The molecule has 112 valence electrons. The lowest BCUT2D eigenvalue weighted by atomic mass is 10.2. The lowest BCUT2D eigenvalue weighted by molar-refractivity contribution is 0.0697. The van der Waals surface area contributed by atoms with Crippen LogP contribution in [0.3, 0.4) is 0 Å². The molecular formula is C11H12N4O5S. The first kappa shape index (κ1) is 14.9. The maximum Gasteiger partial charge on any atom is 0.335 e. The van der Waals surface area contributed by atoms with Gasteiger partial charge in [0.25, 0.3) is 0 Å². The summed E-state index contributed by atoms with van der Waals surface area (Å²) in [4.78, 5) is 14.3. The first-order valence-electron chi connectivity index (χ1n) is 5.78. The van der Waals surface area contributed by atoms with Crippen molar-refractivity contribution >= 4 is 21.7 Å². The van der Waals surface area contributed by atoms with Crippen molar-refractivity contribution in [2.24, 2.45) is 0 Å². The molecule has 0 aliphatic heterocycles. The Hall–Kier alpha value is -2.46. The third kappa shape index (κ3) is 3.55. The molecule has 0 amide bonds. The Morgan fingerprint density at radius 1 is 1.43 bits per heavy atom. The van der Waals surface area contributed by atoms with Gasteiger partial charge in [0.2, 0.25) is 15.9 Å². The van der Waals surface area contributed by atoms with Crippen molar-refractivity contribution in [1.29, 1.82) is 0 Å². The average Bonchev–Trinajstić information content (AvgIpc) is 2.91. The van der Waals surface area contributed by atoms with E-state index < -0.39 is 16.0 Å². The van der Waals surface area contributed by atoms with Crippen molar-refractivity contribution in [2.75, 3.05) is 12.3 Å². The number of benzene rings is 1. The molecule has 0 spiro atoms. The molecule has 0 atom stereocenters. The third-order valence-electron chi connectivity index (χ3n) is 2.58. The predicted octanol–water partition coefficient (Wildman–Crippen LogP) is -0.129. The number of sulfonamides is 1. The van der Waals surface area contributed by atoms with Crippen LogP contribution in [0.2, 0.25) is 0 Å². The van der Waals surface area contributed by atoms with Crippen LogP contribution < -0.4 is 10.5 Å². The van der Waals surface area contributed by atoms with Gasteiger partial charge in [-0.05, 0) is 18.2 Å². The van der Waals surface area contributed by atoms with E-state index in [1.807, 2.05) is 0 Å². The van der Waals surface area contributed by atoms with Crippen molar-refractivity contribution in [2.45, 2.75) is 11.3 Å². The number of carboxylic acid groups (broad SMARTS) is 1. The fraction of sp³-hybridized carbons (Fsp3) is 0.182. The van der Waals surface area contributed by atoms with Gasteiger partial charge in [-0.15, -0.1) is 0 Å². The van der Waals surface area contributed by atoms with Gasteiger partial charge in [-0.25, -0.2) is 17.9 Å². The third-order valence-corrected chi connectivity index (χ3v) is 4.12.